The molecule has 106 valence electrons. The largest absolute Gasteiger partial charge is 0.508 e. The van der Waals surface area contributed by atoms with E-state index in [0.717, 1.165) is 31.1 Å². The maximum atomic E-state index is 9.34. The summed E-state index contributed by atoms with van der Waals surface area (Å²) in [6.45, 7) is 4.66. The van der Waals surface area contributed by atoms with Gasteiger partial charge in [-0.3, -0.25) is 0 Å². The number of rotatable bonds is 3. The average Bonchev–Trinajstić information content (AvgIpc) is 2.55. The average molecular weight is 261 g/mol. The molecular weight excluding hydrogens is 234 g/mol. The van der Waals surface area contributed by atoms with Crippen molar-refractivity contribution in [1.82, 2.24) is 0 Å². The predicted molar refractivity (Wildman–Crippen MR) is 80.1 cm³/mol. The van der Waals surface area contributed by atoms with Crippen LogP contribution in [0.15, 0.2) is 24.3 Å². The Balaban J connectivity index is 2.00. The Morgan fingerprint density at radius 1 is 1.21 bits per heavy atom. The number of phenols is 1. The molecule has 0 heterocycles. The first-order valence-corrected chi connectivity index (χ1v) is 7.55. The van der Waals surface area contributed by atoms with Crippen LogP contribution >= 0.6 is 0 Å². The van der Waals surface area contributed by atoms with E-state index >= 15 is 0 Å². The Hall–Kier alpha value is -1.02. The molecule has 0 amide bonds. The van der Waals surface area contributed by atoms with Crippen LogP contribution in [0.5, 0.6) is 5.75 Å². The molecule has 1 fully saturated rings. The van der Waals surface area contributed by atoms with Gasteiger partial charge >= 0.3 is 0 Å². The van der Waals surface area contributed by atoms with Gasteiger partial charge in [0.05, 0.1) is 0 Å². The molecule has 2 nitrogen and oxygen atoms in total. The van der Waals surface area contributed by atoms with Crippen LogP contribution in [0.4, 0.5) is 0 Å². The molecule has 1 aromatic rings. The van der Waals surface area contributed by atoms with Crippen molar-refractivity contribution < 1.29 is 5.11 Å². The summed E-state index contributed by atoms with van der Waals surface area (Å²) in [6, 6.07) is 7.50. The molecule has 0 spiro atoms. The minimum absolute atomic E-state index is 0.0549. The van der Waals surface area contributed by atoms with Gasteiger partial charge in [-0.15, -0.1) is 0 Å². The lowest BCUT2D eigenvalue weighted by molar-refractivity contribution is 0.321. The van der Waals surface area contributed by atoms with E-state index in [1.165, 1.54) is 24.8 Å². The molecule has 2 atom stereocenters. The molecule has 1 aliphatic rings. The van der Waals surface area contributed by atoms with E-state index in [2.05, 4.69) is 13.8 Å². The Morgan fingerprint density at radius 2 is 1.89 bits per heavy atom. The molecule has 1 aromatic carbocycles. The highest BCUT2D eigenvalue weighted by atomic mass is 16.3. The monoisotopic (exact) mass is 261 g/mol. The molecule has 1 aliphatic carbocycles. The fourth-order valence-electron chi connectivity index (χ4n) is 3.32. The normalized spacial score (nSPS) is 28.3. The van der Waals surface area contributed by atoms with E-state index < -0.39 is 0 Å². The van der Waals surface area contributed by atoms with Crippen molar-refractivity contribution in [3.05, 3.63) is 29.8 Å². The van der Waals surface area contributed by atoms with Crippen LogP contribution in [0.1, 0.15) is 51.5 Å². The van der Waals surface area contributed by atoms with Gasteiger partial charge in [0.1, 0.15) is 5.75 Å². The van der Waals surface area contributed by atoms with E-state index in [0.29, 0.717) is 5.75 Å². The van der Waals surface area contributed by atoms with E-state index in [9.17, 15) is 5.11 Å². The van der Waals surface area contributed by atoms with E-state index in [1.54, 1.807) is 12.1 Å². The van der Waals surface area contributed by atoms with Crippen LogP contribution in [-0.2, 0) is 6.42 Å². The zero-order valence-corrected chi connectivity index (χ0v) is 12.2. The molecule has 0 bridgehead atoms. The second-order valence-electron chi connectivity index (χ2n) is 6.64. The van der Waals surface area contributed by atoms with E-state index in [4.69, 9.17) is 5.73 Å². The third-order valence-corrected chi connectivity index (χ3v) is 4.70. The summed E-state index contributed by atoms with van der Waals surface area (Å²) < 4.78 is 0. The van der Waals surface area contributed by atoms with Gasteiger partial charge in [0, 0.05) is 5.54 Å². The van der Waals surface area contributed by atoms with Crippen molar-refractivity contribution in [3.8, 4) is 5.75 Å². The lowest BCUT2D eigenvalue weighted by Gasteiger charge is -2.28. The molecule has 3 N–H and O–H groups in total. The van der Waals surface area contributed by atoms with Gasteiger partial charge in [0.2, 0.25) is 0 Å². The first-order valence-electron chi connectivity index (χ1n) is 7.55. The van der Waals surface area contributed by atoms with Crippen molar-refractivity contribution in [2.75, 3.05) is 0 Å². The number of benzene rings is 1. The van der Waals surface area contributed by atoms with Gasteiger partial charge in [0.15, 0.2) is 0 Å². The number of phenolic OH excluding ortho intramolecular Hbond substituents is 1. The third-order valence-electron chi connectivity index (χ3n) is 4.70. The maximum absolute atomic E-state index is 9.34. The minimum Gasteiger partial charge on any atom is -0.508 e. The summed E-state index contributed by atoms with van der Waals surface area (Å²) in [6.07, 6.45) is 7.00. The van der Waals surface area contributed by atoms with Crippen molar-refractivity contribution in [3.63, 3.8) is 0 Å². The summed E-state index contributed by atoms with van der Waals surface area (Å²) in [5, 5.41) is 9.34. The SMILES string of the molecule is CC(C)C1CCCC(N)(Cc2ccc(O)cc2)CC1. The highest BCUT2D eigenvalue weighted by Crippen LogP contribution is 2.34. The van der Waals surface area contributed by atoms with E-state index in [-0.39, 0.29) is 5.54 Å². The van der Waals surface area contributed by atoms with Crippen molar-refractivity contribution >= 4 is 0 Å². The topological polar surface area (TPSA) is 46.2 Å². The van der Waals surface area contributed by atoms with Gasteiger partial charge in [-0.1, -0.05) is 38.8 Å². The molecule has 2 heteroatoms. The first kappa shape index (κ1) is 14.4. The highest BCUT2D eigenvalue weighted by molar-refractivity contribution is 5.27. The summed E-state index contributed by atoms with van der Waals surface area (Å²) in [5.41, 5.74) is 7.81. The smallest absolute Gasteiger partial charge is 0.115 e. The van der Waals surface area contributed by atoms with E-state index in [1.807, 2.05) is 12.1 Å². The van der Waals surface area contributed by atoms with Gasteiger partial charge in [-0.25, -0.2) is 0 Å². The molecule has 1 saturated carbocycles. The number of hydrogen-bond donors (Lipinski definition) is 2. The second-order valence-corrected chi connectivity index (χ2v) is 6.64. The van der Waals surface area contributed by atoms with Gasteiger partial charge in [-0.2, -0.15) is 0 Å². The van der Waals surface area contributed by atoms with Crippen LogP contribution in [0, 0.1) is 11.8 Å². The van der Waals surface area contributed by atoms with Crippen molar-refractivity contribution in [2.24, 2.45) is 17.6 Å². The molecule has 19 heavy (non-hydrogen) atoms. The fourth-order valence-corrected chi connectivity index (χ4v) is 3.32. The molecule has 0 aromatic heterocycles. The Labute approximate surface area is 117 Å². The molecule has 2 rings (SSSR count). The van der Waals surface area contributed by atoms with Gasteiger partial charge in [-0.05, 0) is 55.2 Å². The van der Waals surface area contributed by atoms with Crippen molar-refractivity contribution in [1.29, 1.82) is 0 Å². The van der Waals surface area contributed by atoms with Crippen LogP contribution < -0.4 is 5.73 Å². The minimum atomic E-state index is -0.0549. The molecular formula is C17H27NO. The maximum Gasteiger partial charge on any atom is 0.115 e. The number of nitrogens with two attached hydrogens (primary N) is 1. The zero-order valence-electron chi connectivity index (χ0n) is 12.2. The first-order chi connectivity index (χ1) is 8.98. The third kappa shape index (κ3) is 3.97. The van der Waals surface area contributed by atoms with Crippen LogP contribution in [0.25, 0.3) is 0 Å². The molecule has 0 radical (unpaired) electrons. The predicted octanol–water partition coefficient (Wildman–Crippen LogP) is 3.87. The molecule has 0 aliphatic heterocycles. The summed E-state index contributed by atoms with van der Waals surface area (Å²) >= 11 is 0. The summed E-state index contributed by atoms with van der Waals surface area (Å²) in [7, 11) is 0. The van der Waals surface area contributed by atoms with Crippen LogP contribution in [0.2, 0.25) is 0 Å². The van der Waals surface area contributed by atoms with Crippen LogP contribution in [-0.4, -0.2) is 10.6 Å². The summed E-state index contributed by atoms with van der Waals surface area (Å²) in [4.78, 5) is 0. The quantitative estimate of drug-likeness (QED) is 0.811. The summed E-state index contributed by atoms with van der Waals surface area (Å²) in [5.74, 6) is 1.94. The Kier molecular flexibility index (Phi) is 4.51. The van der Waals surface area contributed by atoms with Gasteiger partial charge in [0.25, 0.3) is 0 Å². The lowest BCUT2D eigenvalue weighted by atomic mass is 9.83. The zero-order chi connectivity index (χ0) is 13.9. The lowest BCUT2D eigenvalue weighted by Crippen LogP contribution is -2.41. The second kappa shape index (κ2) is 5.96. The van der Waals surface area contributed by atoms with Crippen molar-refractivity contribution in [2.45, 2.75) is 57.9 Å². The Morgan fingerprint density at radius 3 is 2.53 bits per heavy atom. The van der Waals surface area contributed by atoms with Crippen LogP contribution in [0.3, 0.4) is 0 Å². The van der Waals surface area contributed by atoms with Gasteiger partial charge < -0.3 is 10.8 Å². The molecule has 0 saturated heterocycles. The fraction of sp³-hybridized carbons (Fsp3) is 0.647. The molecule has 2 unspecified atom stereocenters. The Bertz CT molecular complexity index is 398. The highest BCUT2D eigenvalue weighted by Gasteiger charge is 2.30. The number of hydrogen-bond acceptors (Lipinski definition) is 2. The standard InChI is InChI=1S/C17H27NO/c1-13(2)15-4-3-10-17(18,11-9-15)12-14-5-7-16(19)8-6-14/h5-8,13,15,19H,3-4,9-12,18H2,1-2H3. The number of aromatic hydroxyl groups is 1.